The Morgan fingerprint density at radius 1 is 0.917 bits per heavy atom. The molecular formula is C41H50IrNO3S2-. The molecule has 0 saturated heterocycles. The molecule has 0 atom stereocenters. The number of fused-ring (bicyclic) bond motifs is 5. The van der Waals surface area contributed by atoms with Crippen LogP contribution in [0.25, 0.3) is 41.2 Å². The zero-order valence-corrected chi connectivity index (χ0v) is 34.1. The fraction of sp³-hybridized carbons (Fsp3) is 0.415. The molecule has 0 unspecified atom stereocenters. The molecule has 4 aromatic heterocycles. The first kappa shape index (κ1) is 39.6. The van der Waals surface area contributed by atoms with Gasteiger partial charge in [-0.25, -0.2) is 11.3 Å². The van der Waals surface area contributed by atoms with Crippen molar-refractivity contribution >= 4 is 69.7 Å². The number of ketones is 1. The van der Waals surface area contributed by atoms with E-state index >= 15 is 0 Å². The Balaban J connectivity index is 0.000000195. The molecule has 0 amide bonds. The van der Waals surface area contributed by atoms with Crippen LogP contribution in [0, 0.1) is 23.8 Å². The second-order valence-corrected chi connectivity index (χ2v) is 16.0. The number of thiophene rings is 2. The number of aryl methyl sites for hydroxylation is 1. The van der Waals surface area contributed by atoms with Crippen LogP contribution in [-0.4, -0.2) is 15.9 Å². The molecule has 6 aromatic rings. The fourth-order valence-corrected chi connectivity index (χ4v) is 7.65. The van der Waals surface area contributed by atoms with E-state index < -0.39 is 0 Å². The van der Waals surface area contributed by atoms with E-state index in [0.29, 0.717) is 0 Å². The molecule has 48 heavy (non-hydrogen) atoms. The first-order chi connectivity index (χ1) is 22.2. The Bertz CT molecular complexity index is 2000. The van der Waals surface area contributed by atoms with Gasteiger partial charge < -0.3 is 9.52 Å². The van der Waals surface area contributed by atoms with Crippen LogP contribution in [0.1, 0.15) is 99.1 Å². The first-order valence-electron chi connectivity index (χ1n) is 16.7. The maximum Gasteiger partial charge on any atom is 0.164 e. The van der Waals surface area contributed by atoms with Crippen LogP contribution in [0.5, 0.6) is 0 Å². The standard InChI is InChI=1S/C15H28O2.C14H9NOS.C12H13S.Ir/c1-7-14(5,8-2)12(16)11-13(17)15(6,9-3)10-4;1-8-7-16-12-4-10-11-6-15-3-2-13(11)17-14(10)5-9(8)12;1-12(2,3)10-6-4-5-9-7-8-13-11(9)10;/h11,16H,7-10H2,1-6H3;2-7H,1H3;4,6-8H,1-3H3;/q;;-1;/b12-11-;;;. The zero-order valence-electron chi connectivity index (χ0n) is 30.0. The number of carbonyl (C=O) groups excluding carboxylic acids is 1. The quantitative estimate of drug-likeness (QED) is 0.0987. The summed E-state index contributed by atoms with van der Waals surface area (Å²) in [7, 11) is 0. The summed E-state index contributed by atoms with van der Waals surface area (Å²) in [4.78, 5) is 16.4. The second kappa shape index (κ2) is 16.3. The number of allylic oxidation sites excluding steroid dienone is 2. The monoisotopic (exact) mass is 861 g/mol. The van der Waals surface area contributed by atoms with Gasteiger partial charge in [0.25, 0.3) is 0 Å². The van der Waals surface area contributed by atoms with Gasteiger partial charge in [0.15, 0.2) is 5.78 Å². The molecule has 4 nitrogen and oxygen atoms in total. The normalized spacial score (nSPS) is 12.4. The molecule has 6 rings (SSSR count). The van der Waals surface area contributed by atoms with E-state index in [1.54, 1.807) is 11.3 Å². The molecule has 0 aliphatic rings. The topological polar surface area (TPSA) is 63.3 Å². The summed E-state index contributed by atoms with van der Waals surface area (Å²) < 4.78 is 9.52. The Kier molecular flexibility index (Phi) is 13.4. The van der Waals surface area contributed by atoms with Gasteiger partial charge in [0.2, 0.25) is 0 Å². The van der Waals surface area contributed by atoms with E-state index in [9.17, 15) is 9.90 Å². The summed E-state index contributed by atoms with van der Waals surface area (Å²) in [5.41, 5.74) is 3.21. The maximum atomic E-state index is 12.2. The SMILES string of the molecule is CC(C)(C)c1cc[c-]c2ccsc12.CCC(C)(CC)C(=O)/C=C(\O)C(C)(CC)CC.Cc1coc2cc3c(cc12)sc1ccncc13.[Ir]. The molecule has 0 fully saturated rings. The van der Waals surface area contributed by atoms with E-state index in [2.05, 4.69) is 74.5 Å². The number of hydrogen-bond acceptors (Lipinski definition) is 6. The predicted molar refractivity (Wildman–Crippen MR) is 204 cm³/mol. The number of aliphatic hydroxyl groups excluding tert-OH is 1. The van der Waals surface area contributed by atoms with Crippen molar-refractivity contribution in [2.24, 2.45) is 10.8 Å². The number of furan rings is 1. The van der Waals surface area contributed by atoms with Crippen molar-refractivity contribution in [3.05, 3.63) is 89.5 Å². The van der Waals surface area contributed by atoms with Crippen LogP contribution in [0.3, 0.4) is 0 Å². The molecule has 259 valence electrons. The maximum absolute atomic E-state index is 12.2. The van der Waals surface area contributed by atoms with Gasteiger partial charge in [0, 0.05) is 75.0 Å². The summed E-state index contributed by atoms with van der Waals surface area (Å²) in [5.74, 6) is 0.286. The third-order valence-corrected chi connectivity index (χ3v) is 12.1. The summed E-state index contributed by atoms with van der Waals surface area (Å²) >= 11 is 3.62. The number of benzene rings is 2. The molecule has 2 aromatic carbocycles. The van der Waals surface area contributed by atoms with Crippen LogP contribution >= 0.6 is 22.7 Å². The predicted octanol–water partition coefficient (Wildman–Crippen LogP) is 13.2. The second-order valence-electron chi connectivity index (χ2n) is 14.0. The Labute approximate surface area is 308 Å². The van der Waals surface area contributed by atoms with Crippen LogP contribution in [0.2, 0.25) is 0 Å². The molecule has 1 N–H and O–H groups in total. The van der Waals surface area contributed by atoms with Crippen molar-refractivity contribution in [1.82, 2.24) is 4.98 Å². The molecule has 4 heterocycles. The smallest absolute Gasteiger partial charge is 0.164 e. The average Bonchev–Trinajstić information content (AvgIpc) is 3.79. The van der Waals surface area contributed by atoms with E-state index in [-0.39, 0.29) is 47.9 Å². The average molecular weight is 861 g/mol. The van der Waals surface area contributed by atoms with Crippen molar-refractivity contribution in [3.63, 3.8) is 0 Å². The van der Waals surface area contributed by atoms with E-state index in [1.165, 1.54) is 52.8 Å². The number of aliphatic hydroxyl groups is 1. The molecule has 1 radical (unpaired) electrons. The Hall–Kier alpha value is -2.83. The van der Waals surface area contributed by atoms with E-state index in [1.807, 2.05) is 77.6 Å². The largest absolute Gasteiger partial charge is 0.512 e. The van der Waals surface area contributed by atoms with Crippen LogP contribution in [0.4, 0.5) is 0 Å². The van der Waals surface area contributed by atoms with Crippen LogP contribution in [0.15, 0.2) is 76.7 Å². The van der Waals surface area contributed by atoms with Crippen molar-refractivity contribution < 1.29 is 34.4 Å². The summed E-state index contributed by atoms with van der Waals surface area (Å²) in [6, 6.07) is 16.0. The summed E-state index contributed by atoms with van der Waals surface area (Å²) in [6.45, 7) is 20.9. The summed E-state index contributed by atoms with van der Waals surface area (Å²) in [5, 5.41) is 17.2. The van der Waals surface area contributed by atoms with Crippen molar-refractivity contribution in [2.75, 3.05) is 0 Å². The van der Waals surface area contributed by atoms with Gasteiger partial charge in [-0.3, -0.25) is 9.78 Å². The van der Waals surface area contributed by atoms with Gasteiger partial charge in [0.05, 0.1) is 6.26 Å². The summed E-state index contributed by atoms with van der Waals surface area (Å²) in [6.07, 6.45) is 10.3. The van der Waals surface area contributed by atoms with Gasteiger partial charge in [-0.2, -0.15) is 0 Å². The van der Waals surface area contributed by atoms with Crippen molar-refractivity contribution in [1.29, 1.82) is 0 Å². The molecule has 0 saturated carbocycles. The molecule has 0 aliphatic heterocycles. The van der Waals surface area contributed by atoms with Crippen LogP contribution < -0.4 is 0 Å². The van der Waals surface area contributed by atoms with E-state index in [0.717, 1.165) is 31.3 Å². The third kappa shape index (κ3) is 8.48. The molecule has 0 spiro atoms. The van der Waals surface area contributed by atoms with Crippen LogP contribution in [-0.2, 0) is 30.3 Å². The molecular weight excluding hydrogens is 811 g/mol. The Morgan fingerprint density at radius 2 is 1.58 bits per heavy atom. The minimum atomic E-state index is -0.337. The first-order valence-corrected chi connectivity index (χ1v) is 18.4. The molecule has 0 bridgehead atoms. The number of carbonyl (C=O) groups is 1. The molecule has 7 heteroatoms. The number of pyridine rings is 1. The van der Waals surface area contributed by atoms with Gasteiger partial charge in [0.1, 0.15) is 11.3 Å². The van der Waals surface area contributed by atoms with Crippen molar-refractivity contribution in [2.45, 2.75) is 100 Å². The number of rotatable bonds is 7. The van der Waals surface area contributed by atoms with E-state index in [4.69, 9.17) is 4.42 Å². The minimum Gasteiger partial charge on any atom is -0.512 e. The Morgan fingerprint density at radius 3 is 2.21 bits per heavy atom. The van der Waals surface area contributed by atoms with Gasteiger partial charge >= 0.3 is 0 Å². The number of hydrogen-bond donors (Lipinski definition) is 1. The number of aromatic nitrogens is 1. The van der Waals surface area contributed by atoms with Gasteiger partial charge in [-0.15, -0.1) is 46.6 Å². The zero-order chi connectivity index (χ0) is 34.6. The number of nitrogens with zero attached hydrogens (tertiary/aromatic N) is 1. The molecule has 0 aliphatic carbocycles. The third-order valence-electron chi connectivity index (χ3n) is 9.97. The fourth-order valence-electron chi connectivity index (χ4n) is 5.46. The van der Waals surface area contributed by atoms with Crippen molar-refractivity contribution in [3.8, 4) is 0 Å². The van der Waals surface area contributed by atoms with Gasteiger partial charge in [-0.1, -0.05) is 72.4 Å². The minimum absolute atomic E-state index is 0. The van der Waals surface area contributed by atoms with Gasteiger partial charge in [-0.05, 0) is 61.8 Å².